The first-order valence-electron chi connectivity index (χ1n) is 7.26. The molecule has 0 aliphatic carbocycles. The lowest BCUT2D eigenvalue weighted by molar-refractivity contribution is -0.137. The van der Waals surface area contributed by atoms with Gasteiger partial charge in [-0.05, 0) is 25.0 Å². The highest BCUT2D eigenvalue weighted by atomic mass is 16.5. The maximum absolute atomic E-state index is 11.9. The number of para-hydroxylation sites is 2. The van der Waals surface area contributed by atoms with Crippen molar-refractivity contribution in [2.45, 2.75) is 25.7 Å². The van der Waals surface area contributed by atoms with Gasteiger partial charge in [0.2, 0.25) is 5.91 Å². The average Bonchev–Trinajstić information content (AvgIpc) is 2.51. The van der Waals surface area contributed by atoms with Crippen molar-refractivity contribution in [2.75, 3.05) is 27.3 Å². The molecule has 0 saturated carbocycles. The van der Waals surface area contributed by atoms with Gasteiger partial charge in [-0.25, -0.2) is 0 Å². The third-order valence-corrected chi connectivity index (χ3v) is 3.21. The molecule has 0 unspecified atom stereocenters. The van der Waals surface area contributed by atoms with Gasteiger partial charge in [-0.1, -0.05) is 12.1 Å². The summed E-state index contributed by atoms with van der Waals surface area (Å²) in [6.45, 7) is 0.841. The monoisotopic (exact) mass is 309 g/mol. The molecule has 0 aromatic heterocycles. The number of hydrogen-bond acceptors (Lipinski definition) is 4. The Morgan fingerprint density at radius 2 is 1.77 bits per heavy atom. The standard InChI is InChI=1S/C16H23NO5/c1-17(15(18)9-5-6-10-16(19)20)11-12-22-14-8-4-3-7-13(14)21-2/h3-4,7-8H,5-6,9-12H2,1-2H3,(H,19,20). The molecule has 1 aromatic rings. The van der Waals surface area contributed by atoms with E-state index in [1.165, 1.54) is 0 Å². The summed E-state index contributed by atoms with van der Waals surface area (Å²) in [6.07, 6.45) is 1.57. The molecule has 1 amide bonds. The number of carboxylic acid groups (broad SMARTS) is 1. The largest absolute Gasteiger partial charge is 0.493 e. The minimum Gasteiger partial charge on any atom is -0.493 e. The lowest BCUT2D eigenvalue weighted by atomic mass is 10.2. The van der Waals surface area contributed by atoms with Gasteiger partial charge in [-0.2, -0.15) is 0 Å². The van der Waals surface area contributed by atoms with Crippen LogP contribution in [0.15, 0.2) is 24.3 Å². The number of benzene rings is 1. The minimum absolute atomic E-state index is 0.00554. The molecule has 1 N–H and O–H groups in total. The van der Waals surface area contributed by atoms with Gasteiger partial charge in [-0.15, -0.1) is 0 Å². The van der Waals surface area contributed by atoms with E-state index in [4.69, 9.17) is 14.6 Å². The number of hydrogen-bond donors (Lipinski definition) is 1. The molecule has 0 aliphatic heterocycles. The number of nitrogens with zero attached hydrogens (tertiary/aromatic N) is 1. The van der Waals surface area contributed by atoms with Gasteiger partial charge in [-0.3, -0.25) is 9.59 Å². The quantitative estimate of drug-likeness (QED) is 0.670. The number of unbranched alkanes of at least 4 members (excludes halogenated alkanes) is 1. The second kappa shape index (κ2) is 9.65. The van der Waals surface area contributed by atoms with Crippen LogP contribution in [-0.4, -0.2) is 49.2 Å². The number of carboxylic acids is 1. The van der Waals surface area contributed by atoms with Crippen molar-refractivity contribution < 1.29 is 24.2 Å². The number of aliphatic carboxylic acids is 1. The number of carbonyl (C=O) groups is 2. The van der Waals surface area contributed by atoms with Gasteiger partial charge in [0.1, 0.15) is 6.61 Å². The lowest BCUT2D eigenvalue weighted by Gasteiger charge is -2.18. The van der Waals surface area contributed by atoms with Crippen molar-refractivity contribution in [3.63, 3.8) is 0 Å². The summed E-state index contributed by atoms with van der Waals surface area (Å²) in [7, 11) is 3.29. The smallest absolute Gasteiger partial charge is 0.303 e. The number of carbonyl (C=O) groups excluding carboxylic acids is 1. The Bertz CT molecular complexity index is 489. The Hall–Kier alpha value is -2.24. The van der Waals surface area contributed by atoms with Crippen LogP contribution in [0.1, 0.15) is 25.7 Å². The summed E-state index contributed by atoms with van der Waals surface area (Å²) >= 11 is 0. The second-order valence-corrected chi connectivity index (χ2v) is 4.92. The highest BCUT2D eigenvalue weighted by Crippen LogP contribution is 2.25. The number of amides is 1. The fraction of sp³-hybridized carbons (Fsp3) is 0.500. The molecule has 0 radical (unpaired) electrons. The zero-order chi connectivity index (χ0) is 16.4. The molecular formula is C16H23NO5. The van der Waals surface area contributed by atoms with Gasteiger partial charge in [0, 0.05) is 19.9 Å². The molecule has 0 atom stereocenters. The van der Waals surface area contributed by atoms with E-state index in [1.807, 2.05) is 24.3 Å². The van der Waals surface area contributed by atoms with Crippen LogP contribution in [0.5, 0.6) is 11.5 Å². The van der Waals surface area contributed by atoms with Crippen molar-refractivity contribution >= 4 is 11.9 Å². The number of likely N-dealkylation sites (N-methyl/N-ethyl adjacent to an activating group) is 1. The summed E-state index contributed by atoms with van der Waals surface area (Å²) in [5.41, 5.74) is 0. The number of ether oxygens (including phenoxy) is 2. The van der Waals surface area contributed by atoms with Gasteiger partial charge in [0.15, 0.2) is 11.5 Å². The first-order valence-corrected chi connectivity index (χ1v) is 7.26. The highest BCUT2D eigenvalue weighted by Gasteiger charge is 2.09. The molecule has 0 bridgehead atoms. The van der Waals surface area contributed by atoms with Crippen molar-refractivity contribution in [1.82, 2.24) is 4.90 Å². The molecule has 0 heterocycles. The van der Waals surface area contributed by atoms with Crippen molar-refractivity contribution in [1.29, 1.82) is 0 Å². The van der Waals surface area contributed by atoms with Crippen LogP contribution < -0.4 is 9.47 Å². The predicted molar refractivity (Wildman–Crippen MR) is 82.2 cm³/mol. The van der Waals surface area contributed by atoms with Crippen molar-refractivity contribution in [2.24, 2.45) is 0 Å². The van der Waals surface area contributed by atoms with E-state index in [2.05, 4.69) is 0 Å². The van der Waals surface area contributed by atoms with E-state index in [0.717, 1.165) is 0 Å². The molecule has 0 fully saturated rings. The first-order chi connectivity index (χ1) is 10.5. The fourth-order valence-electron chi connectivity index (χ4n) is 1.90. The summed E-state index contributed by atoms with van der Waals surface area (Å²) < 4.78 is 10.8. The maximum atomic E-state index is 11.9. The fourth-order valence-corrected chi connectivity index (χ4v) is 1.90. The Morgan fingerprint density at radius 3 is 2.41 bits per heavy atom. The van der Waals surface area contributed by atoms with Crippen molar-refractivity contribution in [3.8, 4) is 11.5 Å². The lowest BCUT2D eigenvalue weighted by Crippen LogP contribution is -2.30. The topological polar surface area (TPSA) is 76.1 Å². The molecule has 122 valence electrons. The molecule has 1 aromatic carbocycles. The molecular weight excluding hydrogens is 286 g/mol. The molecule has 1 rings (SSSR count). The maximum Gasteiger partial charge on any atom is 0.303 e. The van der Waals surface area contributed by atoms with E-state index in [0.29, 0.717) is 43.9 Å². The highest BCUT2D eigenvalue weighted by molar-refractivity contribution is 5.75. The molecule has 0 spiro atoms. The summed E-state index contributed by atoms with van der Waals surface area (Å²) in [4.78, 5) is 23.8. The van der Waals surface area contributed by atoms with E-state index in [9.17, 15) is 9.59 Å². The van der Waals surface area contributed by atoms with Crippen LogP contribution >= 0.6 is 0 Å². The number of methoxy groups -OCH3 is 1. The van der Waals surface area contributed by atoms with Crippen LogP contribution in [0.3, 0.4) is 0 Å². The zero-order valence-corrected chi connectivity index (χ0v) is 13.1. The van der Waals surface area contributed by atoms with E-state index < -0.39 is 5.97 Å². The zero-order valence-electron chi connectivity index (χ0n) is 13.1. The van der Waals surface area contributed by atoms with Gasteiger partial charge < -0.3 is 19.5 Å². The van der Waals surface area contributed by atoms with Gasteiger partial charge in [0.25, 0.3) is 0 Å². The summed E-state index contributed by atoms with van der Waals surface area (Å²) in [6, 6.07) is 7.34. The third-order valence-electron chi connectivity index (χ3n) is 3.21. The average molecular weight is 309 g/mol. The SMILES string of the molecule is COc1ccccc1OCCN(C)C(=O)CCCCC(=O)O. The Labute approximate surface area is 130 Å². The molecule has 6 nitrogen and oxygen atoms in total. The van der Waals surface area contributed by atoms with Crippen molar-refractivity contribution in [3.05, 3.63) is 24.3 Å². The molecule has 22 heavy (non-hydrogen) atoms. The van der Waals surface area contributed by atoms with Crippen LogP contribution in [0.2, 0.25) is 0 Å². The van der Waals surface area contributed by atoms with Crippen LogP contribution in [0.25, 0.3) is 0 Å². The molecule has 0 aliphatic rings. The number of rotatable bonds is 10. The van der Waals surface area contributed by atoms with Crippen LogP contribution in [-0.2, 0) is 9.59 Å². The third kappa shape index (κ3) is 6.47. The van der Waals surface area contributed by atoms with E-state index in [1.54, 1.807) is 19.1 Å². The van der Waals surface area contributed by atoms with Gasteiger partial charge >= 0.3 is 5.97 Å². The summed E-state index contributed by atoms with van der Waals surface area (Å²) in [5, 5.41) is 8.53. The predicted octanol–water partition coefficient (Wildman–Crippen LogP) is 2.18. The Balaban J connectivity index is 2.26. The normalized spacial score (nSPS) is 10.1. The first kappa shape index (κ1) is 17.8. The Kier molecular flexibility index (Phi) is 7.81. The Morgan fingerprint density at radius 1 is 1.14 bits per heavy atom. The molecule has 6 heteroatoms. The van der Waals surface area contributed by atoms with Crippen LogP contribution in [0, 0.1) is 0 Å². The van der Waals surface area contributed by atoms with E-state index >= 15 is 0 Å². The van der Waals surface area contributed by atoms with E-state index in [-0.39, 0.29) is 12.3 Å². The van der Waals surface area contributed by atoms with Gasteiger partial charge in [0.05, 0.1) is 13.7 Å². The minimum atomic E-state index is -0.828. The summed E-state index contributed by atoms with van der Waals surface area (Å²) in [5.74, 6) is 0.470. The molecule has 0 saturated heterocycles. The second-order valence-electron chi connectivity index (χ2n) is 4.92. The van der Waals surface area contributed by atoms with Crippen LogP contribution in [0.4, 0.5) is 0 Å².